The standard InChI is InChI=1S/C11H10N4O3/c1-2-18-10(17)9-5-14-15(6-9)11-12-3-8(7-16)4-13-11/h3-7H,2H2,1H3. The van der Waals surface area contributed by atoms with Gasteiger partial charge in [0.05, 0.1) is 23.9 Å². The van der Waals surface area contributed by atoms with Crippen LogP contribution in [0.15, 0.2) is 24.8 Å². The van der Waals surface area contributed by atoms with Crippen LogP contribution in [0.25, 0.3) is 5.95 Å². The Morgan fingerprint density at radius 2 is 2.11 bits per heavy atom. The topological polar surface area (TPSA) is 87.0 Å². The molecule has 0 N–H and O–H groups in total. The van der Waals surface area contributed by atoms with Crippen molar-refractivity contribution in [3.8, 4) is 5.95 Å². The Hall–Kier alpha value is -2.57. The zero-order chi connectivity index (χ0) is 13.0. The van der Waals surface area contributed by atoms with Crippen molar-refractivity contribution in [2.75, 3.05) is 6.61 Å². The highest BCUT2D eigenvalue weighted by Crippen LogP contribution is 2.04. The van der Waals surface area contributed by atoms with Gasteiger partial charge < -0.3 is 4.74 Å². The number of carbonyl (C=O) groups excluding carboxylic acids is 2. The molecule has 2 aromatic heterocycles. The minimum atomic E-state index is -0.451. The molecule has 0 aliphatic rings. The van der Waals surface area contributed by atoms with Gasteiger partial charge in [-0.3, -0.25) is 4.79 Å². The molecule has 7 nitrogen and oxygen atoms in total. The Bertz CT molecular complexity index is 562. The molecule has 2 heterocycles. The Balaban J connectivity index is 2.23. The maximum atomic E-state index is 11.4. The Morgan fingerprint density at radius 1 is 1.39 bits per heavy atom. The number of hydrogen-bond acceptors (Lipinski definition) is 6. The molecule has 0 fully saturated rings. The fourth-order valence-corrected chi connectivity index (χ4v) is 1.26. The number of aldehydes is 1. The van der Waals surface area contributed by atoms with Gasteiger partial charge in [0.25, 0.3) is 0 Å². The molecule has 0 bridgehead atoms. The average molecular weight is 246 g/mol. The summed E-state index contributed by atoms with van der Waals surface area (Å²) in [5, 5.41) is 3.95. The second kappa shape index (κ2) is 5.17. The second-order valence-corrected chi connectivity index (χ2v) is 3.33. The predicted octanol–water partition coefficient (Wildman–Crippen LogP) is 0.652. The first-order chi connectivity index (χ1) is 8.74. The van der Waals surface area contributed by atoms with E-state index in [9.17, 15) is 9.59 Å². The van der Waals surface area contributed by atoms with Crippen molar-refractivity contribution in [2.45, 2.75) is 6.92 Å². The van der Waals surface area contributed by atoms with Crippen molar-refractivity contribution in [3.05, 3.63) is 35.9 Å². The zero-order valence-corrected chi connectivity index (χ0v) is 9.61. The largest absolute Gasteiger partial charge is 0.462 e. The molecule has 2 rings (SSSR count). The van der Waals surface area contributed by atoms with Crippen LogP contribution < -0.4 is 0 Å². The van der Waals surface area contributed by atoms with Crippen molar-refractivity contribution < 1.29 is 14.3 Å². The van der Waals surface area contributed by atoms with Crippen molar-refractivity contribution in [1.29, 1.82) is 0 Å². The summed E-state index contributed by atoms with van der Waals surface area (Å²) in [6, 6.07) is 0. The third-order valence-corrected chi connectivity index (χ3v) is 2.09. The van der Waals surface area contributed by atoms with E-state index < -0.39 is 5.97 Å². The molecule has 0 aliphatic heterocycles. The second-order valence-electron chi connectivity index (χ2n) is 3.33. The Labute approximate surface area is 102 Å². The summed E-state index contributed by atoms with van der Waals surface area (Å²) in [5.41, 5.74) is 0.691. The molecule has 0 saturated carbocycles. The highest BCUT2D eigenvalue weighted by Gasteiger charge is 2.11. The summed E-state index contributed by atoms with van der Waals surface area (Å²) in [6.07, 6.45) is 6.24. The van der Waals surface area contributed by atoms with Gasteiger partial charge in [-0.1, -0.05) is 0 Å². The maximum absolute atomic E-state index is 11.4. The molecule has 0 atom stereocenters. The van der Waals surface area contributed by atoms with E-state index in [4.69, 9.17) is 4.74 Å². The lowest BCUT2D eigenvalue weighted by atomic mass is 10.4. The normalized spacial score (nSPS) is 10.1. The van der Waals surface area contributed by atoms with Crippen LogP contribution in [0.4, 0.5) is 0 Å². The van der Waals surface area contributed by atoms with Crippen LogP contribution in [0.3, 0.4) is 0 Å². The number of carbonyl (C=O) groups is 2. The van der Waals surface area contributed by atoms with Crippen LogP contribution >= 0.6 is 0 Å². The molecule has 0 spiro atoms. The van der Waals surface area contributed by atoms with E-state index >= 15 is 0 Å². The lowest BCUT2D eigenvalue weighted by Crippen LogP contribution is -2.04. The van der Waals surface area contributed by atoms with Gasteiger partial charge in [0.15, 0.2) is 6.29 Å². The van der Waals surface area contributed by atoms with E-state index in [1.807, 2.05) is 0 Å². The fourth-order valence-electron chi connectivity index (χ4n) is 1.26. The number of hydrogen-bond donors (Lipinski definition) is 0. The smallest absolute Gasteiger partial charge is 0.341 e. The Morgan fingerprint density at radius 3 is 2.72 bits per heavy atom. The molecular weight excluding hydrogens is 236 g/mol. The molecule has 0 unspecified atom stereocenters. The van der Waals surface area contributed by atoms with Crippen molar-refractivity contribution in [1.82, 2.24) is 19.7 Å². The Kier molecular flexibility index (Phi) is 3.42. The number of esters is 1. The summed E-state index contributed by atoms with van der Waals surface area (Å²) < 4.78 is 6.17. The van der Waals surface area contributed by atoms with Crippen LogP contribution in [0.2, 0.25) is 0 Å². The number of ether oxygens (including phenoxy) is 1. The number of aromatic nitrogens is 4. The van der Waals surface area contributed by atoms with Gasteiger partial charge in [0.1, 0.15) is 0 Å². The fraction of sp³-hybridized carbons (Fsp3) is 0.182. The minimum Gasteiger partial charge on any atom is -0.462 e. The van der Waals surface area contributed by atoms with Gasteiger partial charge in [-0.2, -0.15) is 5.10 Å². The minimum absolute atomic E-state index is 0.274. The van der Waals surface area contributed by atoms with Crippen LogP contribution in [0.1, 0.15) is 27.6 Å². The molecular formula is C11H10N4O3. The average Bonchev–Trinajstić information content (AvgIpc) is 2.89. The molecule has 18 heavy (non-hydrogen) atoms. The quantitative estimate of drug-likeness (QED) is 0.581. The molecule has 0 aromatic carbocycles. The molecule has 0 amide bonds. The lowest BCUT2D eigenvalue weighted by molar-refractivity contribution is 0.0526. The molecule has 92 valence electrons. The molecule has 0 saturated heterocycles. The van der Waals surface area contributed by atoms with E-state index in [0.717, 1.165) is 0 Å². The highest BCUT2D eigenvalue weighted by molar-refractivity contribution is 5.88. The van der Waals surface area contributed by atoms with Gasteiger partial charge in [-0.05, 0) is 6.92 Å². The van der Waals surface area contributed by atoms with Crippen LogP contribution in [0.5, 0.6) is 0 Å². The number of nitrogens with zero attached hydrogens (tertiary/aromatic N) is 4. The van der Waals surface area contributed by atoms with Gasteiger partial charge in [-0.25, -0.2) is 19.4 Å². The van der Waals surface area contributed by atoms with E-state index in [-0.39, 0.29) is 5.95 Å². The van der Waals surface area contributed by atoms with Crippen molar-refractivity contribution in [3.63, 3.8) is 0 Å². The lowest BCUT2D eigenvalue weighted by Gasteiger charge is -1.98. The summed E-state index contributed by atoms with van der Waals surface area (Å²) in [6.45, 7) is 2.03. The first kappa shape index (κ1) is 11.9. The maximum Gasteiger partial charge on any atom is 0.341 e. The molecule has 7 heteroatoms. The monoisotopic (exact) mass is 246 g/mol. The van der Waals surface area contributed by atoms with Crippen molar-refractivity contribution >= 4 is 12.3 Å². The van der Waals surface area contributed by atoms with Gasteiger partial charge in [0.2, 0.25) is 5.95 Å². The third-order valence-electron chi connectivity index (χ3n) is 2.09. The third kappa shape index (κ3) is 2.40. The van der Waals surface area contributed by atoms with Crippen molar-refractivity contribution in [2.24, 2.45) is 0 Å². The van der Waals surface area contributed by atoms with Crippen LogP contribution in [-0.2, 0) is 4.74 Å². The predicted molar refractivity (Wildman–Crippen MR) is 60.5 cm³/mol. The zero-order valence-electron chi connectivity index (χ0n) is 9.61. The van der Waals surface area contributed by atoms with E-state index in [2.05, 4.69) is 15.1 Å². The number of rotatable bonds is 4. The first-order valence-corrected chi connectivity index (χ1v) is 5.24. The molecule has 0 radical (unpaired) electrons. The summed E-state index contributed by atoms with van der Waals surface area (Å²) >= 11 is 0. The van der Waals surface area contributed by atoms with Gasteiger partial charge in [-0.15, -0.1) is 0 Å². The van der Waals surface area contributed by atoms with Crippen LogP contribution in [-0.4, -0.2) is 38.6 Å². The van der Waals surface area contributed by atoms with E-state index in [0.29, 0.717) is 24.0 Å². The molecule has 0 aliphatic carbocycles. The SMILES string of the molecule is CCOC(=O)c1cnn(-c2ncc(C=O)cn2)c1. The van der Waals surface area contributed by atoms with Gasteiger partial charge in [0, 0.05) is 18.6 Å². The van der Waals surface area contributed by atoms with E-state index in [1.54, 1.807) is 6.92 Å². The van der Waals surface area contributed by atoms with E-state index in [1.165, 1.54) is 29.5 Å². The van der Waals surface area contributed by atoms with Gasteiger partial charge >= 0.3 is 5.97 Å². The summed E-state index contributed by atoms with van der Waals surface area (Å²) in [5.74, 6) is -0.176. The highest BCUT2D eigenvalue weighted by atomic mass is 16.5. The van der Waals surface area contributed by atoms with Crippen LogP contribution in [0, 0.1) is 0 Å². The first-order valence-electron chi connectivity index (χ1n) is 5.24. The summed E-state index contributed by atoms with van der Waals surface area (Å²) in [7, 11) is 0. The molecule has 2 aromatic rings. The summed E-state index contributed by atoms with van der Waals surface area (Å²) in [4.78, 5) is 29.8.